The van der Waals surface area contributed by atoms with Gasteiger partial charge in [-0.1, -0.05) is 0 Å². The van der Waals surface area contributed by atoms with Crippen LogP contribution in [0.3, 0.4) is 0 Å². The van der Waals surface area contributed by atoms with E-state index in [1.54, 1.807) is 0 Å². The predicted octanol–water partition coefficient (Wildman–Crippen LogP) is 0.284. The molecule has 0 aliphatic rings. The number of carbonyl (C=O) groups is 4. The van der Waals surface area contributed by atoms with Gasteiger partial charge in [-0.05, 0) is 6.92 Å². The van der Waals surface area contributed by atoms with Gasteiger partial charge in [0.15, 0.2) is 0 Å². The molecular formula is C11H18N2O8. The van der Waals surface area contributed by atoms with E-state index < -0.39 is 43.0 Å². The Labute approximate surface area is 120 Å². The second-order valence-corrected chi connectivity index (χ2v) is 4.34. The molecule has 10 heteroatoms. The van der Waals surface area contributed by atoms with Crippen LogP contribution in [0.1, 0.15) is 19.8 Å². The van der Waals surface area contributed by atoms with Crippen molar-refractivity contribution in [1.82, 2.24) is 9.80 Å². The fourth-order valence-electron chi connectivity index (χ4n) is 1.63. The van der Waals surface area contributed by atoms with Crippen LogP contribution in [0, 0.1) is 0 Å². The molecule has 0 rings (SSSR count). The van der Waals surface area contributed by atoms with Gasteiger partial charge in [0.05, 0.1) is 12.8 Å². The molecule has 0 saturated heterocycles. The average molecular weight is 306 g/mol. The maximum absolute atomic E-state index is 11.0. The Morgan fingerprint density at radius 1 is 0.857 bits per heavy atom. The van der Waals surface area contributed by atoms with Crippen LogP contribution in [-0.2, 0) is 9.59 Å². The van der Waals surface area contributed by atoms with E-state index in [2.05, 4.69) is 0 Å². The van der Waals surface area contributed by atoms with Gasteiger partial charge >= 0.3 is 24.1 Å². The Hall–Kier alpha value is -2.52. The fourth-order valence-corrected chi connectivity index (χ4v) is 1.63. The van der Waals surface area contributed by atoms with Gasteiger partial charge in [0.25, 0.3) is 0 Å². The Balaban J connectivity index is 4.70. The molecule has 1 atom stereocenters. The second kappa shape index (κ2) is 8.61. The molecule has 0 aliphatic carbocycles. The van der Waals surface area contributed by atoms with Crippen LogP contribution >= 0.6 is 0 Å². The molecule has 0 aromatic carbocycles. The van der Waals surface area contributed by atoms with Crippen LogP contribution < -0.4 is 0 Å². The molecule has 0 bridgehead atoms. The standard InChI is InChI=1S/C11H18N2O8/c1-7(13(11(20)21)5-3-9(16)17)6-12(10(18)19)4-2-8(14)15/h7H,2-6H2,1H3,(H,14,15)(H,16,17)(H,18,19)(H,20,21). The molecule has 0 aliphatic heterocycles. The maximum Gasteiger partial charge on any atom is 0.407 e. The second-order valence-electron chi connectivity index (χ2n) is 4.34. The van der Waals surface area contributed by atoms with Gasteiger partial charge in [-0.3, -0.25) is 9.59 Å². The van der Waals surface area contributed by atoms with Crippen molar-refractivity contribution in [3.63, 3.8) is 0 Å². The highest BCUT2D eigenvalue weighted by Crippen LogP contribution is 2.06. The number of nitrogens with zero attached hydrogens (tertiary/aromatic N) is 2. The minimum atomic E-state index is -1.37. The van der Waals surface area contributed by atoms with Gasteiger partial charge in [-0.15, -0.1) is 0 Å². The smallest absolute Gasteiger partial charge is 0.407 e. The Morgan fingerprint density at radius 2 is 1.33 bits per heavy atom. The molecule has 2 amide bonds. The molecule has 0 aromatic rings. The topological polar surface area (TPSA) is 156 Å². The van der Waals surface area contributed by atoms with E-state index in [4.69, 9.17) is 20.4 Å². The number of aliphatic carboxylic acids is 2. The number of hydrogen-bond donors (Lipinski definition) is 4. The van der Waals surface area contributed by atoms with Gasteiger partial charge in [-0.25, -0.2) is 9.59 Å². The highest BCUT2D eigenvalue weighted by atomic mass is 16.4. The van der Waals surface area contributed by atoms with Crippen molar-refractivity contribution in [3.8, 4) is 0 Å². The summed E-state index contributed by atoms with van der Waals surface area (Å²) < 4.78 is 0. The lowest BCUT2D eigenvalue weighted by Crippen LogP contribution is -2.47. The minimum absolute atomic E-state index is 0.242. The first-order chi connectivity index (χ1) is 9.65. The first kappa shape index (κ1) is 18.5. The third kappa shape index (κ3) is 7.60. The molecule has 1 unspecified atom stereocenters. The highest BCUT2D eigenvalue weighted by Gasteiger charge is 2.24. The molecule has 0 heterocycles. The van der Waals surface area contributed by atoms with E-state index in [0.29, 0.717) is 0 Å². The maximum atomic E-state index is 11.0. The highest BCUT2D eigenvalue weighted by molar-refractivity contribution is 5.70. The largest absolute Gasteiger partial charge is 0.481 e. The summed E-state index contributed by atoms with van der Waals surface area (Å²) in [5, 5.41) is 35.0. The van der Waals surface area contributed by atoms with Crippen LogP contribution in [0.2, 0.25) is 0 Å². The zero-order valence-corrected chi connectivity index (χ0v) is 11.4. The molecule has 120 valence electrons. The molecule has 0 radical (unpaired) electrons. The predicted molar refractivity (Wildman–Crippen MR) is 68.3 cm³/mol. The SMILES string of the molecule is CC(CN(CCC(=O)O)C(=O)O)N(CCC(=O)O)C(=O)O. The van der Waals surface area contributed by atoms with E-state index >= 15 is 0 Å². The molecule has 0 saturated carbocycles. The van der Waals surface area contributed by atoms with Crippen LogP contribution in [0.15, 0.2) is 0 Å². The first-order valence-corrected chi connectivity index (χ1v) is 6.06. The van der Waals surface area contributed by atoms with Gasteiger partial charge in [-0.2, -0.15) is 0 Å². The Morgan fingerprint density at radius 3 is 1.71 bits per heavy atom. The first-order valence-electron chi connectivity index (χ1n) is 6.06. The Kier molecular flexibility index (Phi) is 7.58. The van der Waals surface area contributed by atoms with Crippen molar-refractivity contribution >= 4 is 24.1 Å². The lowest BCUT2D eigenvalue weighted by molar-refractivity contribution is -0.138. The summed E-state index contributed by atoms with van der Waals surface area (Å²) in [6, 6.07) is -0.799. The lowest BCUT2D eigenvalue weighted by atomic mass is 10.2. The summed E-state index contributed by atoms with van der Waals surface area (Å²) in [7, 11) is 0. The van der Waals surface area contributed by atoms with Crippen molar-refractivity contribution < 1.29 is 39.6 Å². The lowest BCUT2D eigenvalue weighted by Gasteiger charge is -2.30. The number of carboxylic acid groups (broad SMARTS) is 4. The fraction of sp³-hybridized carbons (Fsp3) is 0.636. The van der Waals surface area contributed by atoms with E-state index in [-0.39, 0.29) is 19.6 Å². The summed E-state index contributed by atoms with van der Waals surface area (Å²) in [6.45, 7) is 0.626. The number of rotatable bonds is 9. The molecule has 0 fully saturated rings. The molecule has 10 nitrogen and oxygen atoms in total. The van der Waals surface area contributed by atoms with Gasteiger partial charge in [0, 0.05) is 25.7 Å². The zero-order chi connectivity index (χ0) is 16.6. The molecule has 4 N–H and O–H groups in total. The average Bonchev–Trinajstić information content (AvgIpc) is 2.33. The third-order valence-corrected chi connectivity index (χ3v) is 2.70. The van der Waals surface area contributed by atoms with E-state index in [9.17, 15) is 19.2 Å². The van der Waals surface area contributed by atoms with E-state index in [1.165, 1.54) is 6.92 Å². The monoisotopic (exact) mass is 306 g/mol. The van der Waals surface area contributed by atoms with Gasteiger partial charge in [0.2, 0.25) is 0 Å². The van der Waals surface area contributed by atoms with Crippen LogP contribution in [0.5, 0.6) is 0 Å². The number of amides is 2. The minimum Gasteiger partial charge on any atom is -0.481 e. The van der Waals surface area contributed by atoms with Gasteiger partial charge < -0.3 is 30.2 Å². The third-order valence-electron chi connectivity index (χ3n) is 2.70. The zero-order valence-electron chi connectivity index (χ0n) is 11.4. The molecule has 21 heavy (non-hydrogen) atoms. The summed E-state index contributed by atoms with van der Waals surface area (Å²) in [6.07, 6.45) is -3.54. The Bertz CT molecular complexity index is 411. The van der Waals surface area contributed by atoms with Crippen LogP contribution in [0.4, 0.5) is 9.59 Å². The molecule has 0 aromatic heterocycles. The molecule has 0 spiro atoms. The number of carboxylic acids is 2. The van der Waals surface area contributed by atoms with Gasteiger partial charge in [0.1, 0.15) is 0 Å². The molecular weight excluding hydrogens is 288 g/mol. The van der Waals surface area contributed by atoms with Crippen molar-refractivity contribution in [2.24, 2.45) is 0 Å². The summed E-state index contributed by atoms with van der Waals surface area (Å²) >= 11 is 0. The van der Waals surface area contributed by atoms with E-state index in [0.717, 1.165) is 9.80 Å². The quantitative estimate of drug-likeness (QED) is 0.473. The normalized spacial score (nSPS) is 11.5. The van der Waals surface area contributed by atoms with Crippen LogP contribution in [0.25, 0.3) is 0 Å². The van der Waals surface area contributed by atoms with Crippen molar-refractivity contribution in [2.45, 2.75) is 25.8 Å². The summed E-state index contributed by atoms with van der Waals surface area (Å²) in [5.41, 5.74) is 0. The van der Waals surface area contributed by atoms with Crippen molar-refractivity contribution in [3.05, 3.63) is 0 Å². The summed E-state index contributed by atoms with van der Waals surface area (Å²) in [5.74, 6) is -2.34. The summed E-state index contributed by atoms with van der Waals surface area (Å²) in [4.78, 5) is 44.5. The van der Waals surface area contributed by atoms with E-state index in [1.807, 2.05) is 0 Å². The van der Waals surface area contributed by atoms with Crippen molar-refractivity contribution in [1.29, 1.82) is 0 Å². The van der Waals surface area contributed by atoms with Crippen molar-refractivity contribution in [2.75, 3.05) is 19.6 Å². The number of hydrogen-bond acceptors (Lipinski definition) is 4. The van der Waals surface area contributed by atoms with Crippen LogP contribution in [-0.4, -0.2) is 80.0 Å².